The topological polar surface area (TPSA) is 65.1 Å². The maximum Gasteiger partial charge on any atom is 0.243 e. The Morgan fingerprint density at radius 2 is 1.86 bits per heavy atom. The van der Waals surface area contributed by atoms with Crippen molar-refractivity contribution < 1.29 is 10.0 Å². The summed E-state index contributed by atoms with van der Waals surface area (Å²) in [6.45, 7) is 0. The number of H-pyrrole nitrogens is 1. The van der Waals surface area contributed by atoms with Gasteiger partial charge in [-0.2, -0.15) is 0 Å². The van der Waals surface area contributed by atoms with E-state index < -0.39 is 0 Å². The molecule has 0 saturated carbocycles. The van der Waals surface area contributed by atoms with Gasteiger partial charge in [-0.25, -0.2) is 5.48 Å². The molecule has 1 aliphatic carbocycles. The van der Waals surface area contributed by atoms with Crippen molar-refractivity contribution in [3.8, 4) is 0 Å². The molecule has 1 amide bonds. The van der Waals surface area contributed by atoms with Crippen LogP contribution in [0.3, 0.4) is 0 Å². The highest BCUT2D eigenvalue weighted by atomic mass is 16.5. The monoisotopic (exact) mass is 380 g/mol. The lowest BCUT2D eigenvalue weighted by molar-refractivity contribution is -0.129. The van der Waals surface area contributed by atoms with E-state index in [0.717, 1.165) is 19.3 Å². The second-order valence-electron chi connectivity index (χ2n) is 7.81. The second kappa shape index (κ2) is 10.9. The van der Waals surface area contributed by atoms with Gasteiger partial charge >= 0.3 is 0 Å². The lowest BCUT2D eigenvalue weighted by atomic mass is 9.88. The molecule has 4 heteroatoms. The SMILES string of the molecule is O=C(CCCCCCCCCC1=CCC(c2ccc3cc[nH]c3c2)C=C1)NO. The van der Waals surface area contributed by atoms with Gasteiger partial charge in [-0.05, 0) is 48.8 Å². The molecule has 0 radical (unpaired) electrons. The molecule has 1 atom stereocenters. The van der Waals surface area contributed by atoms with Crippen molar-refractivity contribution in [3.05, 3.63) is 59.8 Å². The van der Waals surface area contributed by atoms with Crippen molar-refractivity contribution in [3.63, 3.8) is 0 Å². The fraction of sp³-hybridized carbons (Fsp3) is 0.458. The van der Waals surface area contributed by atoms with Gasteiger partial charge in [0.2, 0.25) is 5.91 Å². The summed E-state index contributed by atoms with van der Waals surface area (Å²) in [6.07, 6.45) is 19.9. The molecule has 0 spiro atoms. The Kier molecular flexibility index (Phi) is 7.92. The molecule has 1 aromatic carbocycles. The van der Waals surface area contributed by atoms with Gasteiger partial charge in [0, 0.05) is 24.1 Å². The molecule has 3 rings (SSSR count). The average molecular weight is 381 g/mol. The molecular weight excluding hydrogens is 348 g/mol. The standard InChI is InChI=1S/C24H32N2O2/c27-24(26-28)9-7-5-3-1-2-4-6-8-19-10-12-20(13-11-19)22-15-14-21-16-17-25-23(21)18-22/h10-12,14-18,20,25,28H,1-9,13H2,(H,26,27). The van der Waals surface area contributed by atoms with E-state index in [9.17, 15) is 4.79 Å². The van der Waals surface area contributed by atoms with Gasteiger partial charge < -0.3 is 4.98 Å². The van der Waals surface area contributed by atoms with E-state index >= 15 is 0 Å². The third-order valence-corrected chi connectivity index (χ3v) is 5.68. The predicted molar refractivity (Wildman–Crippen MR) is 114 cm³/mol. The zero-order valence-corrected chi connectivity index (χ0v) is 16.6. The number of allylic oxidation sites excluding steroid dienone is 4. The third-order valence-electron chi connectivity index (χ3n) is 5.68. The van der Waals surface area contributed by atoms with E-state index in [1.54, 1.807) is 5.48 Å². The van der Waals surface area contributed by atoms with Crippen LogP contribution in [0, 0.1) is 0 Å². The lowest BCUT2D eigenvalue weighted by Gasteiger charge is -2.17. The fourth-order valence-corrected chi connectivity index (χ4v) is 3.95. The molecule has 28 heavy (non-hydrogen) atoms. The smallest absolute Gasteiger partial charge is 0.243 e. The number of hydrogen-bond acceptors (Lipinski definition) is 2. The quantitative estimate of drug-likeness (QED) is 0.248. The molecule has 0 saturated heterocycles. The molecule has 0 aliphatic heterocycles. The third kappa shape index (κ3) is 6.10. The zero-order valence-electron chi connectivity index (χ0n) is 16.6. The van der Waals surface area contributed by atoms with E-state index in [2.05, 4.69) is 47.5 Å². The number of carbonyl (C=O) groups is 1. The number of hydrogen-bond donors (Lipinski definition) is 3. The summed E-state index contributed by atoms with van der Waals surface area (Å²) in [5.41, 5.74) is 5.77. The number of carbonyl (C=O) groups excluding carboxylic acids is 1. The van der Waals surface area contributed by atoms with Crippen LogP contribution in [0.15, 0.2) is 54.3 Å². The molecule has 0 bridgehead atoms. The van der Waals surface area contributed by atoms with E-state index in [1.807, 2.05) is 6.20 Å². The highest BCUT2D eigenvalue weighted by Gasteiger charge is 2.12. The Balaban J connectivity index is 1.28. The molecule has 0 fully saturated rings. The van der Waals surface area contributed by atoms with Crippen LogP contribution < -0.4 is 5.48 Å². The summed E-state index contributed by atoms with van der Waals surface area (Å²) in [7, 11) is 0. The maximum absolute atomic E-state index is 10.9. The number of rotatable bonds is 11. The minimum Gasteiger partial charge on any atom is -0.361 e. The van der Waals surface area contributed by atoms with Crippen LogP contribution in [0.5, 0.6) is 0 Å². The molecule has 4 nitrogen and oxygen atoms in total. The number of fused-ring (bicyclic) bond motifs is 1. The lowest BCUT2D eigenvalue weighted by Crippen LogP contribution is -2.17. The molecule has 3 N–H and O–H groups in total. The molecule has 1 heterocycles. The number of nitrogens with one attached hydrogen (secondary N) is 2. The number of hydroxylamine groups is 1. The van der Waals surface area contributed by atoms with Crippen LogP contribution in [-0.2, 0) is 4.79 Å². The first kappa shape index (κ1) is 20.4. The minimum absolute atomic E-state index is 0.277. The van der Waals surface area contributed by atoms with Crippen LogP contribution in [0.1, 0.15) is 75.7 Å². The number of amides is 1. The van der Waals surface area contributed by atoms with Gasteiger partial charge in [-0.1, -0.05) is 68.0 Å². The molecular formula is C24H32N2O2. The predicted octanol–water partition coefficient (Wildman–Crippen LogP) is 6.15. The zero-order chi connectivity index (χ0) is 19.6. The van der Waals surface area contributed by atoms with Crippen molar-refractivity contribution in [2.24, 2.45) is 0 Å². The molecule has 1 unspecified atom stereocenters. The van der Waals surface area contributed by atoms with Gasteiger partial charge in [0.05, 0.1) is 0 Å². The normalized spacial score (nSPS) is 16.3. The van der Waals surface area contributed by atoms with E-state index in [-0.39, 0.29) is 5.91 Å². The van der Waals surface area contributed by atoms with Gasteiger partial charge in [-0.3, -0.25) is 10.0 Å². The summed E-state index contributed by atoms with van der Waals surface area (Å²) in [5, 5.41) is 9.71. The summed E-state index contributed by atoms with van der Waals surface area (Å²) in [5.74, 6) is 0.213. The molecule has 2 aromatic rings. The van der Waals surface area contributed by atoms with Crippen molar-refractivity contribution in [2.75, 3.05) is 0 Å². The Bertz CT molecular complexity index is 819. The minimum atomic E-state index is -0.277. The van der Waals surface area contributed by atoms with Crippen LogP contribution in [0.4, 0.5) is 0 Å². The molecule has 1 aromatic heterocycles. The second-order valence-corrected chi connectivity index (χ2v) is 7.81. The van der Waals surface area contributed by atoms with Crippen LogP contribution in [0.25, 0.3) is 10.9 Å². The Labute approximate surface area is 167 Å². The van der Waals surface area contributed by atoms with Crippen molar-refractivity contribution in [1.82, 2.24) is 10.5 Å². The average Bonchev–Trinajstić information content (AvgIpc) is 3.20. The highest BCUT2D eigenvalue weighted by molar-refractivity contribution is 5.80. The first-order chi connectivity index (χ1) is 13.8. The first-order valence-corrected chi connectivity index (χ1v) is 10.6. The van der Waals surface area contributed by atoms with Gasteiger partial charge in [-0.15, -0.1) is 0 Å². The summed E-state index contributed by atoms with van der Waals surface area (Å²) in [4.78, 5) is 14.2. The maximum atomic E-state index is 10.9. The van der Waals surface area contributed by atoms with Crippen molar-refractivity contribution in [2.45, 2.75) is 70.1 Å². The van der Waals surface area contributed by atoms with E-state index in [0.29, 0.717) is 12.3 Å². The number of aromatic amines is 1. The Morgan fingerprint density at radius 1 is 1.07 bits per heavy atom. The van der Waals surface area contributed by atoms with E-state index in [1.165, 1.54) is 60.6 Å². The molecule has 1 aliphatic rings. The van der Waals surface area contributed by atoms with E-state index in [4.69, 9.17) is 5.21 Å². The van der Waals surface area contributed by atoms with Gasteiger partial charge in [0.25, 0.3) is 0 Å². The number of benzene rings is 1. The van der Waals surface area contributed by atoms with Gasteiger partial charge in [0.1, 0.15) is 0 Å². The van der Waals surface area contributed by atoms with Crippen molar-refractivity contribution in [1.29, 1.82) is 0 Å². The largest absolute Gasteiger partial charge is 0.361 e. The van der Waals surface area contributed by atoms with Crippen molar-refractivity contribution >= 4 is 16.8 Å². The highest BCUT2D eigenvalue weighted by Crippen LogP contribution is 2.30. The first-order valence-electron chi connectivity index (χ1n) is 10.6. The molecule has 150 valence electrons. The summed E-state index contributed by atoms with van der Waals surface area (Å²) in [6, 6.07) is 8.85. The van der Waals surface area contributed by atoms with Crippen LogP contribution in [-0.4, -0.2) is 16.1 Å². The summed E-state index contributed by atoms with van der Waals surface area (Å²) < 4.78 is 0. The Hall–Kier alpha value is -2.33. The number of unbranched alkanes of at least 4 members (excludes halogenated alkanes) is 6. The van der Waals surface area contributed by atoms with Crippen LogP contribution in [0.2, 0.25) is 0 Å². The Morgan fingerprint density at radius 3 is 2.61 bits per heavy atom. The van der Waals surface area contributed by atoms with Crippen LogP contribution >= 0.6 is 0 Å². The fourth-order valence-electron chi connectivity index (χ4n) is 3.95. The number of aromatic nitrogens is 1. The van der Waals surface area contributed by atoms with Gasteiger partial charge in [0.15, 0.2) is 0 Å². The summed E-state index contributed by atoms with van der Waals surface area (Å²) >= 11 is 0.